The van der Waals surface area contributed by atoms with Gasteiger partial charge in [-0.25, -0.2) is 0 Å². The van der Waals surface area contributed by atoms with Crippen molar-refractivity contribution in [1.29, 1.82) is 0 Å². The largest absolute Gasteiger partial charge is 0.494 e. The van der Waals surface area contributed by atoms with Crippen LogP contribution in [0.3, 0.4) is 0 Å². The molecule has 0 bridgehead atoms. The molecule has 1 saturated heterocycles. The van der Waals surface area contributed by atoms with E-state index in [9.17, 15) is 9.59 Å². The van der Waals surface area contributed by atoms with Crippen LogP contribution in [0.1, 0.15) is 41.6 Å². The van der Waals surface area contributed by atoms with Gasteiger partial charge in [-0.3, -0.25) is 9.59 Å². The smallest absolute Gasteiger partial charge is 0.253 e. The molecule has 2 amide bonds. The number of benzene rings is 2. The van der Waals surface area contributed by atoms with E-state index in [1.54, 1.807) is 24.3 Å². The molecule has 2 aromatic rings. The third-order valence-corrected chi connectivity index (χ3v) is 4.77. The number of anilines is 1. The van der Waals surface area contributed by atoms with E-state index in [0.717, 1.165) is 30.8 Å². The molecule has 3 rings (SSSR count). The summed E-state index contributed by atoms with van der Waals surface area (Å²) in [4.78, 5) is 24.8. The van der Waals surface area contributed by atoms with Crippen LogP contribution in [0.2, 0.25) is 0 Å². The molecule has 29 heavy (non-hydrogen) atoms. The number of amides is 2. The van der Waals surface area contributed by atoms with Crippen LogP contribution >= 0.6 is 0 Å². The van der Waals surface area contributed by atoms with Crippen molar-refractivity contribution in [2.75, 3.05) is 25.1 Å². The van der Waals surface area contributed by atoms with Crippen molar-refractivity contribution >= 4 is 17.5 Å². The molecule has 6 nitrogen and oxygen atoms in total. The number of hydrogen-bond acceptors (Lipinski definition) is 4. The molecule has 0 aromatic heterocycles. The Kier molecular flexibility index (Phi) is 7.64. The van der Waals surface area contributed by atoms with Crippen molar-refractivity contribution in [3.63, 3.8) is 0 Å². The maximum atomic E-state index is 12.5. The highest BCUT2D eigenvalue weighted by Crippen LogP contribution is 2.17. The molecule has 6 heteroatoms. The Morgan fingerprint density at radius 2 is 2.03 bits per heavy atom. The van der Waals surface area contributed by atoms with Gasteiger partial charge >= 0.3 is 0 Å². The van der Waals surface area contributed by atoms with Crippen molar-refractivity contribution in [3.8, 4) is 5.75 Å². The van der Waals surface area contributed by atoms with Gasteiger partial charge in [-0.15, -0.1) is 0 Å². The van der Waals surface area contributed by atoms with Crippen LogP contribution in [0.25, 0.3) is 0 Å². The molecule has 2 N–H and O–H groups in total. The highest BCUT2D eigenvalue weighted by atomic mass is 16.5. The third kappa shape index (κ3) is 6.61. The molecule has 1 fully saturated rings. The summed E-state index contributed by atoms with van der Waals surface area (Å²) in [7, 11) is 0. The highest BCUT2D eigenvalue weighted by molar-refractivity contribution is 6.03. The molecule has 1 atom stereocenters. The standard InChI is InChI=1S/C23H28N2O4/c1-17-7-4-8-18(15-17)28-14-6-12-22(26)25-21-11-3-2-10-20(21)23(27)24-16-19-9-5-13-29-19/h2-4,7-8,10-11,15,19H,5-6,9,12-14,16H2,1H3,(H,24,27)(H,25,26). The zero-order valence-electron chi connectivity index (χ0n) is 16.8. The first kappa shape index (κ1) is 20.9. The van der Waals surface area contributed by atoms with Crippen LogP contribution in [0.15, 0.2) is 48.5 Å². The van der Waals surface area contributed by atoms with Crippen molar-refractivity contribution in [3.05, 3.63) is 59.7 Å². The van der Waals surface area contributed by atoms with Crippen LogP contribution in [0.4, 0.5) is 5.69 Å². The fourth-order valence-corrected chi connectivity index (χ4v) is 3.24. The lowest BCUT2D eigenvalue weighted by atomic mass is 10.1. The molecule has 1 unspecified atom stereocenters. The van der Waals surface area contributed by atoms with E-state index in [0.29, 0.717) is 37.2 Å². The quantitative estimate of drug-likeness (QED) is 0.634. The minimum Gasteiger partial charge on any atom is -0.494 e. The topological polar surface area (TPSA) is 76.7 Å². The maximum Gasteiger partial charge on any atom is 0.253 e. The SMILES string of the molecule is Cc1cccc(OCCCC(=O)Nc2ccccc2C(=O)NCC2CCCO2)c1. The van der Waals surface area contributed by atoms with E-state index in [4.69, 9.17) is 9.47 Å². The van der Waals surface area contributed by atoms with Gasteiger partial charge in [0, 0.05) is 19.6 Å². The van der Waals surface area contributed by atoms with E-state index in [1.165, 1.54) is 0 Å². The Balaban J connectivity index is 1.45. The summed E-state index contributed by atoms with van der Waals surface area (Å²) in [5.41, 5.74) is 2.10. The summed E-state index contributed by atoms with van der Waals surface area (Å²) < 4.78 is 11.2. The van der Waals surface area contributed by atoms with E-state index < -0.39 is 0 Å². The van der Waals surface area contributed by atoms with Gasteiger partial charge < -0.3 is 20.1 Å². The van der Waals surface area contributed by atoms with Gasteiger partial charge in [0.25, 0.3) is 5.91 Å². The van der Waals surface area contributed by atoms with E-state index in [1.807, 2.05) is 31.2 Å². The molecular weight excluding hydrogens is 368 g/mol. The molecular formula is C23H28N2O4. The van der Waals surface area contributed by atoms with Crippen LogP contribution < -0.4 is 15.4 Å². The molecule has 0 aliphatic carbocycles. The highest BCUT2D eigenvalue weighted by Gasteiger charge is 2.18. The first-order valence-electron chi connectivity index (χ1n) is 10.1. The van der Waals surface area contributed by atoms with Crippen LogP contribution in [-0.2, 0) is 9.53 Å². The number of aryl methyl sites for hydroxylation is 1. The molecule has 154 valence electrons. The van der Waals surface area contributed by atoms with Gasteiger partial charge in [-0.1, -0.05) is 24.3 Å². The Morgan fingerprint density at radius 1 is 1.17 bits per heavy atom. The Labute approximate surface area is 171 Å². The lowest BCUT2D eigenvalue weighted by Gasteiger charge is -2.14. The number of hydrogen-bond donors (Lipinski definition) is 2. The second-order valence-corrected chi connectivity index (χ2v) is 7.21. The molecule has 1 heterocycles. The van der Waals surface area contributed by atoms with Gasteiger partial charge in [0.1, 0.15) is 5.75 Å². The summed E-state index contributed by atoms with van der Waals surface area (Å²) in [6.07, 6.45) is 2.98. The molecule has 0 spiro atoms. The fraction of sp³-hybridized carbons (Fsp3) is 0.391. The number of carbonyl (C=O) groups excluding carboxylic acids is 2. The van der Waals surface area contributed by atoms with E-state index >= 15 is 0 Å². The average Bonchev–Trinajstić information content (AvgIpc) is 3.24. The molecule has 2 aromatic carbocycles. The molecule has 1 aliphatic rings. The number of rotatable bonds is 9. The summed E-state index contributed by atoms with van der Waals surface area (Å²) >= 11 is 0. The van der Waals surface area contributed by atoms with Gasteiger partial charge in [0.15, 0.2) is 0 Å². The molecule has 0 radical (unpaired) electrons. The van der Waals surface area contributed by atoms with Crippen molar-refractivity contribution in [2.24, 2.45) is 0 Å². The lowest BCUT2D eigenvalue weighted by Crippen LogP contribution is -2.32. The first-order chi connectivity index (χ1) is 14.1. The maximum absolute atomic E-state index is 12.5. The monoisotopic (exact) mass is 396 g/mol. The van der Waals surface area contributed by atoms with Crippen molar-refractivity contribution < 1.29 is 19.1 Å². The van der Waals surface area contributed by atoms with E-state index in [-0.39, 0.29) is 17.9 Å². The van der Waals surface area contributed by atoms with Crippen molar-refractivity contribution in [2.45, 2.75) is 38.7 Å². The Hall–Kier alpha value is -2.86. The number of para-hydroxylation sites is 1. The van der Waals surface area contributed by atoms with Gasteiger partial charge in [-0.2, -0.15) is 0 Å². The summed E-state index contributed by atoms with van der Waals surface area (Å²) in [5.74, 6) is 0.454. The number of nitrogens with one attached hydrogen (secondary N) is 2. The third-order valence-electron chi connectivity index (χ3n) is 4.77. The zero-order valence-corrected chi connectivity index (χ0v) is 16.8. The average molecular weight is 396 g/mol. The van der Waals surface area contributed by atoms with Gasteiger partial charge in [-0.05, 0) is 56.0 Å². The fourth-order valence-electron chi connectivity index (χ4n) is 3.24. The van der Waals surface area contributed by atoms with Crippen LogP contribution in [0, 0.1) is 6.92 Å². The minimum atomic E-state index is -0.209. The Bertz CT molecular complexity index is 831. The number of ether oxygens (including phenoxy) is 2. The van der Waals surface area contributed by atoms with Gasteiger partial charge in [0.2, 0.25) is 5.91 Å². The number of carbonyl (C=O) groups is 2. The van der Waals surface area contributed by atoms with Crippen molar-refractivity contribution in [1.82, 2.24) is 5.32 Å². The molecule has 1 aliphatic heterocycles. The second-order valence-electron chi connectivity index (χ2n) is 7.21. The van der Waals surface area contributed by atoms with Crippen LogP contribution in [0.5, 0.6) is 5.75 Å². The molecule has 0 saturated carbocycles. The lowest BCUT2D eigenvalue weighted by molar-refractivity contribution is -0.116. The van der Waals surface area contributed by atoms with Gasteiger partial charge in [0.05, 0.1) is 24.0 Å². The second kappa shape index (κ2) is 10.6. The first-order valence-corrected chi connectivity index (χ1v) is 10.1. The minimum absolute atomic E-state index is 0.0779. The summed E-state index contributed by atoms with van der Waals surface area (Å²) in [6.45, 7) is 3.70. The summed E-state index contributed by atoms with van der Waals surface area (Å²) in [6, 6.07) is 14.8. The van der Waals surface area contributed by atoms with Crippen LogP contribution in [-0.4, -0.2) is 37.7 Å². The summed E-state index contributed by atoms with van der Waals surface area (Å²) in [5, 5.41) is 5.73. The predicted molar refractivity (Wildman–Crippen MR) is 112 cm³/mol. The Morgan fingerprint density at radius 3 is 2.83 bits per heavy atom. The van der Waals surface area contributed by atoms with E-state index in [2.05, 4.69) is 10.6 Å². The zero-order chi connectivity index (χ0) is 20.5. The normalized spacial score (nSPS) is 15.7. The predicted octanol–water partition coefficient (Wildman–Crippen LogP) is 3.70.